The van der Waals surface area contributed by atoms with Crippen molar-refractivity contribution in [3.63, 3.8) is 0 Å². The Hall–Kier alpha value is -1.93. The van der Waals surface area contributed by atoms with Crippen molar-refractivity contribution in [2.24, 2.45) is 0 Å². The first-order valence-electron chi connectivity index (χ1n) is 9.24. The third kappa shape index (κ3) is 3.61. The van der Waals surface area contributed by atoms with E-state index >= 15 is 0 Å². The Morgan fingerprint density at radius 1 is 1.19 bits per heavy atom. The van der Waals surface area contributed by atoms with E-state index in [1.54, 1.807) is 0 Å². The minimum absolute atomic E-state index is 0.0428. The molecule has 2 aliphatic rings. The minimum atomic E-state index is -3.26. The molecule has 26 heavy (non-hydrogen) atoms. The van der Waals surface area contributed by atoms with Crippen LogP contribution in [0.5, 0.6) is 0 Å². The van der Waals surface area contributed by atoms with Crippen LogP contribution in [0.4, 0.5) is 0 Å². The highest BCUT2D eigenvalue weighted by Crippen LogP contribution is 2.40. The highest BCUT2D eigenvalue weighted by Gasteiger charge is 2.30. The number of nitrogens with zero attached hydrogens (tertiary/aromatic N) is 3. The molecule has 1 aliphatic heterocycles. The lowest BCUT2D eigenvalue weighted by atomic mass is 10.3. The average molecular weight is 376 g/mol. The third-order valence-corrected chi connectivity index (χ3v) is 6.94. The normalized spacial score (nSPS) is 18.5. The lowest BCUT2D eigenvalue weighted by Crippen LogP contribution is -2.37. The number of rotatable bonds is 7. The number of sulfonamides is 1. The molecule has 140 valence electrons. The molecule has 0 unspecified atom stereocenters. The van der Waals surface area contributed by atoms with E-state index < -0.39 is 10.0 Å². The van der Waals surface area contributed by atoms with Gasteiger partial charge in [0.05, 0.1) is 16.8 Å². The summed E-state index contributed by atoms with van der Waals surface area (Å²) >= 11 is 0. The lowest BCUT2D eigenvalue weighted by Gasteiger charge is -2.15. The fourth-order valence-corrected chi connectivity index (χ4v) is 4.96. The number of carbonyl (C=O) groups is 1. The van der Waals surface area contributed by atoms with E-state index in [1.165, 1.54) is 4.31 Å². The summed E-state index contributed by atoms with van der Waals surface area (Å²) in [6, 6.07) is 7.81. The number of benzene rings is 1. The molecular weight excluding hydrogens is 352 g/mol. The molecule has 8 heteroatoms. The molecule has 2 fully saturated rings. The maximum absolute atomic E-state index is 12.4. The van der Waals surface area contributed by atoms with E-state index in [1.807, 2.05) is 28.8 Å². The molecule has 2 heterocycles. The molecule has 4 rings (SSSR count). The second-order valence-corrected chi connectivity index (χ2v) is 9.18. The van der Waals surface area contributed by atoms with Gasteiger partial charge in [0.15, 0.2) is 0 Å². The fourth-order valence-electron chi connectivity index (χ4n) is 3.53. The number of fused-ring (bicyclic) bond motifs is 1. The van der Waals surface area contributed by atoms with Crippen LogP contribution >= 0.6 is 0 Å². The van der Waals surface area contributed by atoms with Gasteiger partial charge in [0.2, 0.25) is 15.9 Å². The molecule has 1 N–H and O–H groups in total. The summed E-state index contributed by atoms with van der Waals surface area (Å²) < 4.78 is 27.9. The molecule has 1 amide bonds. The van der Waals surface area contributed by atoms with E-state index in [0.29, 0.717) is 19.0 Å². The maximum atomic E-state index is 12.4. The number of imidazole rings is 1. The molecule has 0 radical (unpaired) electrons. The van der Waals surface area contributed by atoms with Crippen molar-refractivity contribution in [3.05, 3.63) is 30.1 Å². The zero-order valence-electron chi connectivity index (χ0n) is 14.7. The topological polar surface area (TPSA) is 84.3 Å². The van der Waals surface area contributed by atoms with Crippen LogP contribution < -0.4 is 5.32 Å². The van der Waals surface area contributed by atoms with E-state index in [0.717, 1.165) is 42.5 Å². The van der Waals surface area contributed by atoms with Gasteiger partial charge in [-0.15, -0.1) is 0 Å². The smallest absolute Gasteiger partial charge is 0.240 e. The van der Waals surface area contributed by atoms with Crippen LogP contribution in [-0.4, -0.2) is 53.6 Å². The fraction of sp³-hybridized carbons (Fsp3) is 0.556. The van der Waals surface area contributed by atoms with Crippen LogP contribution in [0.15, 0.2) is 24.3 Å². The lowest BCUT2D eigenvalue weighted by molar-refractivity contribution is -0.121. The summed E-state index contributed by atoms with van der Waals surface area (Å²) in [5.74, 6) is 1.18. The number of amides is 1. The summed E-state index contributed by atoms with van der Waals surface area (Å²) in [4.78, 5) is 17.1. The Morgan fingerprint density at radius 3 is 2.65 bits per heavy atom. The van der Waals surface area contributed by atoms with Gasteiger partial charge in [-0.25, -0.2) is 17.7 Å². The van der Waals surface area contributed by atoms with Crippen molar-refractivity contribution in [2.75, 3.05) is 25.4 Å². The van der Waals surface area contributed by atoms with Crippen molar-refractivity contribution >= 4 is 27.0 Å². The van der Waals surface area contributed by atoms with Crippen LogP contribution in [-0.2, 0) is 21.4 Å². The van der Waals surface area contributed by atoms with Gasteiger partial charge >= 0.3 is 0 Å². The maximum Gasteiger partial charge on any atom is 0.240 e. The van der Waals surface area contributed by atoms with Gasteiger partial charge in [-0.05, 0) is 37.8 Å². The number of para-hydroxylation sites is 2. The number of carbonyl (C=O) groups excluding carboxylic acids is 1. The molecule has 0 bridgehead atoms. The van der Waals surface area contributed by atoms with E-state index in [9.17, 15) is 13.2 Å². The van der Waals surface area contributed by atoms with Crippen LogP contribution in [0.25, 0.3) is 11.0 Å². The average Bonchev–Trinajstić information content (AvgIpc) is 3.17. The van der Waals surface area contributed by atoms with Gasteiger partial charge in [0.1, 0.15) is 12.4 Å². The first-order valence-corrected chi connectivity index (χ1v) is 10.9. The van der Waals surface area contributed by atoms with Crippen molar-refractivity contribution in [1.82, 2.24) is 19.2 Å². The van der Waals surface area contributed by atoms with Crippen molar-refractivity contribution in [2.45, 2.75) is 38.1 Å². The highest BCUT2D eigenvalue weighted by molar-refractivity contribution is 7.89. The number of aromatic nitrogens is 2. The monoisotopic (exact) mass is 376 g/mol. The molecule has 0 spiro atoms. The van der Waals surface area contributed by atoms with Crippen molar-refractivity contribution in [3.8, 4) is 0 Å². The zero-order chi connectivity index (χ0) is 18.1. The van der Waals surface area contributed by atoms with Gasteiger partial charge < -0.3 is 9.88 Å². The summed E-state index contributed by atoms with van der Waals surface area (Å²) in [6.07, 6.45) is 4.06. The van der Waals surface area contributed by atoms with Gasteiger partial charge in [0.25, 0.3) is 0 Å². The van der Waals surface area contributed by atoms with Gasteiger partial charge in [-0.2, -0.15) is 0 Å². The first-order chi connectivity index (χ1) is 12.5. The van der Waals surface area contributed by atoms with Crippen molar-refractivity contribution in [1.29, 1.82) is 0 Å². The molecular formula is C18H24N4O3S. The molecule has 2 aromatic rings. The first kappa shape index (κ1) is 17.5. The Balaban J connectivity index is 1.39. The van der Waals surface area contributed by atoms with Crippen LogP contribution in [0, 0.1) is 0 Å². The molecule has 7 nitrogen and oxygen atoms in total. The number of hydrogen-bond donors (Lipinski definition) is 1. The predicted molar refractivity (Wildman–Crippen MR) is 99.3 cm³/mol. The van der Waals surface area contributed by atoms with Crippen LogP contribution in [0.1, 0.15) is 37.4 Å². The molecule has 1 aliphatic carbocycles. The molecule has 0 atom stereocenters. The standard InChI is InChI=1S/C18H24N4O3S/c23-17(19-9-12-26(24,25)21-10-3-4-11-21)13-22-16-6-2-1-5-15(16)20-18(22)14-7-8-14/h1-2,5-6,14H,3-4,7-13H2,(H,19,23). The largest absolute Gasteiger partial charge is 0.353 e. The summed E-state index contributed by atoms with van der Waals surface area (Å²) in [7, 11) is -3.26. The summed E-state index contributed by atoms with van der Waals surface area (Å²) in [5, 5.41) is 2.76. The summed E-state index contributed by atoms with van der Waals surface area (Å²) in [5.41, 5.74) is 1.85. The Labute approximate surface area is 153 Å². The van der Waals surface area contributed by atoms with Crippen LogP contribution in [0.2, 0.25) is 0 Å². The SMILES string of the molecule is O=C(Cn1c(C2CC2)nc2ccccc21)NCCS(=O)(=O)N1CCCC1. The van der Waals surface area contributed by atoms with E-state index in [-0.39, 0.29) is 24.7 Å². The van der Waals surface area contributed by atoms with Gasteiger partial charge in [-0.3, -0.25) is 4.79 Å². The Kier molecular flexibility index (Phi) is 4.71. The highest BCUT2D eigenvalue weighted by atomic mass is 32.2. The molecule has 1 saturated carbocycles. The Bertz CT molecular complexity index is 912. The molecule has 1 aromatic heterocycles. The minimum Gasteiger partial charge on any atom is -0.353 e. The predicted octanol–water partition coefficient (Wildman–Crippen LogP) is 1.46. The number of nitrogens with one attached hydrogen (secondary N) is 1. The van der Waals surface area contributed by atoms with Crippen molar-refractivity contribution < 1.29 is 13.2 Å². The molecule has 1 saturated heterocycles. The van der Waals surface area contributed by atoms with E-state index in [2.05, 4.69) is 10.3 Å². The summed E-state index contributed by atoms with van der Waals surface area (Å²) in [6.45, 7) is 1.52. The van der Waals surface area contributed by atoms with Gasteiger partial charge in [-0.1, -0.05) is 12.1 Å². The van der Waals surface area contributed by atoms with Gasteiger partial charge in [0, 0.05) is 25.6 Å². The quantitative estimate of drug-likeness (QED) is 0.793. The molecule has 1 aromatic carbocycles. The zero-order valence-corrected chi connectivity index (χ0v) is 15.5. The second-order valence-electron chi connectivity index (χ2n) is 7.09. The van der Waals surface area contributed by atoms with Crippen LogP contribution in [0.3, 0.4) is 0 Å². The second kappa shape index (κ2) is 7.00. The number of hydrogen-bond acceptors (Lipinski definition) is 4. The Morgan fingerprint density at radius 2 is 1.92 bits per heavy atom. The third-order valence-electron chi connectivity index (χ3n) is 5.07. The van der Waals surface area contributed by atoms with E-state index in [4.69, 9.17) is 0 Å².